The van der Waals surface area contributed by atoms with E-state index in [1.807, 2.05) is 19.1 Å². The number of carbonyl (C=O) groups excluding carboxylic acids is 1. The number of amides is 1. The van der Waals surface area contributed by atoms with Gasteiger partial charge in [-0.1, -0.05) is 12.1 Å². The highest BCUT2D eigenvalue weighted by molar-refractivity contribution is 5.83. The summed E-state index contributed by atoms with van der Waals surface area (Å²) in [4.78, 5) is 19.6. The van der Waals surface area contributed by atoms with E-state index in [-0.39, 0.29) is 18.0 Å². The summed E-state index contributed by atoms with van der Waals surface area (Å²) in [5, 5.41) is 0. The Balaban J connectivity index is 1.28. The molecule has 132 valence electrons. The van der Waals surface area contributed by atoms with Crippen LogP contribution in [-0.2, 0) is 11.3 Å². The molecule has 2 aliphatic heterocycles. The molecule has 0 spiro atoms. The molecule has 2 bridgehead atoms. The zero-order valence-electron chi connectivity index (χ0n) is 14.6. The van der Waals surface area contributed by atoms with Crippen molar-refractivity contribution in [2.75, 3.05) is 6.54 Å². The van der Waals surface area contributed by atoms with E-state index in [1.165, 1.54) is 19.3 Å². The second kappa shape index (κ2) is 5.81. The Labute approximate surface area is 147 Å². The number of nitrogens with zero attached hydrogens (tertiary/aromatic N) is 3. The van der Waals surface area contributed by atoms with E-state index >= 15 is 0 Å². The number of carbonyl (C=O) groups is 1. The summed E-state index contributed by atoms with van der Waals surface area (Å²) in [6.45, 7) is 3.85. The van der Waals surface area contributed by atoms with Gasteiger partial charge in [0.1, 0.15) is 11.9 Å². The fraction of sp³-hybridized carbons (Fsp3) is 0.579. The molecule has 3 aliphatic rings. The molecule has 2 N–H and O–H groups in total. The van der Waals surface area contributed by atoms with E-state index in [1.54, 1.807) is 0 Å². The van der Waals surface area contributed by atoms with Crippen molar-refractivity contribution in [3.63, 3.8) is 0 Å². The van der Waals surface area contributed by atoms with Crippen molar-refractivity contribution in [2.45, 2.75) is 57.3 Å². The minimum Gasteiger partial charge on any atom is -0.338 e. The standard InChI is InChI=1S/C19H25N5O/c1-12-20-16-4-2-3-5-18(16)23(12)11-14-9-17(22-21-14)19(25)24-10-13-6-7-15(24)8-13/h2-5,13-15,17,21-22H,6-11H2,1H3/t13-,14?,15-,17?/m0/s1. The SMILES string of the molecule is Cc1nc2ccccc2n1CC1CC(C(=O)N2C[C@H]3CC[C@H]2C3)NN1. The van der Waals surface area contributed by atoms with E-state index in [4.69, 9.17) is 0 Å². The number of imidazole rings is 1. The number of hydrazine groups is 1. The number of rotatable bonds is 3. The number of hydrogen-bond acceptors (Lipinski definition) is 4. The van der Waals surface area contributed by atoms with Crippen LogP contribution >= 0.6 is 0 Å². The summed E-state index contributed by atoms with van der Waals surface area (Å²) in [7, 11) is 0. The molecular formula is C19H25N5O. The van der Waals surface area contributed by atoms with Gasteiger partial charge in [0, 0.05) is 25.2 Å². The van der Waals surface area contributed by atoms with Crippen LogP contribution in [0.2, 0.25) is 0 Å². The van der Waals surface area contributed by atoms with E-state index in [0.29, 0.717) is 6.04 Å². The predicted octanol–water partition coefficient (Wildman–Crippen LogP) is 1.59. The van der Waals surface area contributed by atoms with Gasteiger partial charge in [0.2, 0.25) is 5.91 Å². The topological polar surface area (TPSA) is 62.2 Å². The van der Waals surface area contributed by atoms with E-state index in [2.05, 4.69) is 37.4 Å². The van der Waals surface area contributed by atoms with Gasteiger partial charge in [-0.2, -0.15) is 0 Å². The molecule has 2 saturated heterocycles. The average Bonchev–Trinajstić information content (AvgIpc) is 3.39. The number of aryl methyl sites for hydroxylation is 1. The third-order valence-corrected chi connectivity index (χ3v) is 6.22. The summed E-state index contributed by atoms with van der Waals surface area (Å²) in [5.41, 5.74) is 8.78. The lowest BCUT2D eigenvalue weighted by Gasteiger charge is -2.29. The molecule has 5 rings (SSSR count). The van der Waals surface area contributed by atoms with Crippen LogP contribution in [-0.4, -0.2) is 45.0 Å². The highest BCUT2D eigenvalue weighted by Gasteiger charge is 2.43. The molecule has 3 heterocycles. The second-order valence-electron chi connectivity index (χ2n) is 7.86. The van der Waals surface area contributed by atoms with Gasteiger partial charge in [0.15, 0.2) is 0 Å². The van der Waals surface area contributed by atoms with Crippen molar-refractivity contribution in [1.29, 1.82) is 0 Å². The molecule has 1 aliphatic carbocycles. The molecular weight excluding hydrogens is 314 g/mol. The molecule has 2 aromatic rings. The first kappa shape index (κ1) is 15.3. The van der Waals surface area contributed by atoms with E-state index < -0.39 is 0 Å². The minimum atomic E-state index is -0.0977. The Hall–Kier alpha value is -1.92. The molecule has 4 atom stereocenters. The van der Waals surface area contributed by atoms with Gasteiger partial charge in [-0.25, -0.2) is 10.4 Å². The number of benzene rings is 1. The van der Waals surface area contributed by atoms with Crippen molar-refractivity contribution in [3.8, 4) is 0 Å². The quantitative estimate of drug-likeness (QED) is 0.891. The van der Waals surface area contributed by atoms with Crippen LogP contribution in [0.5, 0.6) is 0 Å². The fourth-order valence-corrected chi connectivity index (χ4v) is 4.95. The van der Waals surface area contributed by atoms with Crippen LogP contribution < -0.4 is 10.9 Å². The normalized spacial score (nSPS) is 31.3. The largest absolute Gasteiger partial charge is 0.338 e. The van der Waals surface area contributed by atoms with Crippen LogP contribution in [0.15, 0.2) is 24.3 Å². The maximum Gasteiger partial charge on any atom is 0.241 e. The zero-order valence-corrected chi connectivity index (χ0v) is 14.6. The first-order valence-electron chi connectivity index (χ1n) is 9.42. The number of hydrogen-bond donors (Lipinski definition) is 2. The van der Waals surface area contributed by atoms with Crippen molar-refractivity contribution < 1.29 is 4.79 Å². The van der Waals surface area contributed by atoms with Gasteiger partial charge in [-0.05, 0) is 50.7 Å². The molecule has 3 fully saturated rings. The summed E-state index contributed by atoms with van der Waals surface area (Å²) in [5.74, 6) is 2.06. The Bertz CT molecular complexity index is 815. The Morgan fingerprint density at radius 3 is 2.92 bits per heavy atom. The molecule has 1 amide bonds. The first-order valence-corrected chi connectivity index (χ1v) is 9.42. The highest BCUT2D eigenvalue weighted by atomic mass is 16.2. The average molecular weight is 339 g/mol. The summed E-state index contributed by atoms with van der Waals surface area (Å²) in [6.07, 6.45) is 4.55. The number of nitrogens with one attached hydrogen (secondary N) is 2. The lowest BCUT2D eigenvalue weighted by molar-refractivity contribution is -0.134. The molecule has 1 aromatic heterocycles. The van der Waals surface area contributed by atoms with Crippen molar-refractivity contribution >= 4 is 16.9 Å². The molecule has 1 aromatic carbocycles. The number of para-hydroxylation sites is 2. The Kier molecular flexibility index (Phi) is 3.57. The molecule has 6 nitrogen and oxygen atoms in total. The summed E-state index contributed by atoms with van der Waals surface area (Å²) in [6, 6.07) is 8.87. The monoisotopic (exact) mass is 339 g/mol. The van der Waals surface area contributed by atoms with Crippen LogP contribution in [0.1, 0.15) is 31.5 Å². The molecule has 6 heteroatoms. The van der Waals surface area contributed by atoms with Crippen molar-refractivity contribution in [1.82, 2.24) is 25.3 Å². The number of likely N-dealkylation sites (tertiary alicyclic amines) is 1. The smallest absolute Gasteiger partial charge is 0.241 e. The lowest BCUT2D eigenvalue weighted by Crippen LogP contribution is -2.48. The van der Waals surface area contributed by atoms with Gasteiger partial charge < -0.3 is 9.47 Å². The predicted molar refractivity (Wildman–Crippen MR) is 95.8 cm³/mol. The fourth-order valence-electron chi connectivity index (χ4n) is 4.95. The van der Waals surface area contributed by atoms with E-state index in [0.717, 1.165) is 42.3 Å². The van der Waals surface area contributed by atoms with Gasteiger partial charge in [0.05, 0.1) is 11.0 Å². The first-order chi connectivity index (χ1) is 12.2. The Morgan fingerprint density at radius 1 is 1.24 bits per heavy atom. The molecule has 1 saturated carbocycles. The summed E-state index contributed by atoms with van der Waals surface area (Å²) >= 11 is 0. The van der Waals surface area contributed by atoms with Gasteiger partial charge in [0.25, 0.3) is 0 Å². The lowest BCUT2D eigenvalue weighted by atomic mass is 10.1. The zero-order chi connectivity index (χ0) is 17.0. The molecule has 0 radical (unpaired) electrons. The van der Waals surface area contributed by atoms with Crippen LogP contribution in [0.4, 0.5) is 0 Å². The molecule has 25 heavy (non-hydrogen) atoms. The number of fused-ring (bicyclic) bond motifs is 3. The van der Waals surface area contributed by atoms with Gasteiger partial charge in [-0.3, -0.25) is 10.2 Å². The van der Waals surface area contributed by atoms with E-state index in [9.17, 15) is 4.79 Å². The maximum atomic E-state index is 12.9. The second-order valence-corrected chi connectivity index (χ2v) is 7.86. The van der Waals surface area contributed by atoms with Gasteiger partial charge >= 0.3 is 0 Å². The third kappa shape index (κ3) is 2.55. The Morgan fingerprint density at radius 2 is 2.12 bits per heavy atom. The van der Waals surface area contributed by atoms with Crippen molar-refractivity contribution in [3.05, 3.63) is 30.1 Å². The van der Waals surface area contributed by atoms with Crippen molar-refractivity contribution in [2.24, 2.45) is 5.92 Å². The maximum absolute atomic E-state index is 12.9. The van der Waals surface area contributed by atoms with Crippen LogP contribution in [0, 0.1) is 12.8 Å². The summed E-state index contributed by atoms with van der Waals surface area (Å²) < 4.78 is 2.25. The number of aromatic nitrogens is 2. The van der Waals surface area contributed by atoms with Gasteiger partial charge in [-0.15, -0.1) is 0 Å². The van der Waals surface area contributed by atoms with Crippen LogP contribution in [0.25, 0.3) is 11.0 Å². The van der Waals surface area contributed by atoms with Crippen LogP contribution in [0.3, 0.4) is 0 Å². The third-order valence-electron chi connectivity index (χ3n) is 6.22. The number of piperidine rings is 1. The minimum absolute atomic E-state index is 0.0977. The highest BCUT2D eigenvalue weighted by Crippen LogP contribution is 2.37. The molecule has 2 unspecified atom stereocenters.